The van der Waals surface area contributed by atoms with Crippen LogP contribution >= 0.6 is 0 Å². The third kappa shape index (κ3) is 8.04. The van der Waals surface area contributed by atoms with Crippen molar-refractivity contribution in [2.24, 2.45) is 9.98 Å². The van der Waals surface area contributed by atoms with E-state index in [1.54, 1.807) is 0 Å². The molecule has 0 unspecified atom stereocenters. The molecule has 0 aliphatic heterocycles. The van der Waals surface area contributed by atoms with Crippen molar-refractivity contribution in [3.63, 3.8) is 0 Å². The topological polar surface area (TPSA) is 24.7 Å². The van der Waals surface area contributed by atoms with Gasteiger partial charge in [-0.05, 0) is 91.5 Å². The summed E-state index contributed by atoms with van der Waals surface area (Å²) >= 11 is 0. The molecule has 0 aromatic heterocycles. The Kier molecular flexibility index (Phi) is 11.4. The summed E-state index contributed by atoms with van der Waals surface area (Å²) in [5.74, 6) is 0. The standard InChI is InChI=1S/C30H44N2/c1-7-13-14-15-16-30(32-28-21-25(10-4)18-26(11-5)22-28)29(12-6)31-27-19-23(8-2)17-24(9-3)20-27/h17-22H,7-16H2,1-6H3. The van der Waals surface area contributed by atoms with Crippen LogP contribution in [0.15, 0.2) is 46.4 Å². The Morgan fingerprint density at radius 1 is 0.531 bits per heavy atom. The molecule has 0 saturated carbocycles. The van der Waals surface area contributed by atoms with Crippen LogP contribution in [0, 0.1) is 0 Å². The van der Waals surface area contributed by atoms with E-state index in [9.17, 15) is 0 Å². The minimum atomic E-state index is 0.901. The average molecular weight is 433 g/mol. The maximum absolute atomic E-state index is 5.21. The third-order valence-electron chi connectivity index (χ3n) is 6.17. The fourth-order valence-corrected chi connectivity index (χ4v) is 4.07. The van der Waals surface area contributed by atoms with Crippen molar-refractivity contribution in [3.05, 3.63) is 58.7 Å². The van der Waals surface area contributed by atoms with Gasteiger partial charge in [0.15, 0.2) is 0 Å². The van der Waals surface area contributed by atoms with Crippen molar-refractivity contribution in [2.45, 2.75) is 106 Å². The first-order valence-electron chi connectivity index (χ1n) is 13.0. The Morgan fingerprint density at radius 2 is 0.969 bits per heavy atom. The van der Waals surface area contributed by atoms with E-state index in [1.807, 2.05) is 0 Å². The van der Waals surface area contributed by atoms with Crippen LogP contribution < -0.4 is 0 Å². The first-order chi connectivity index (χ1) is 15.6. The predicted molar refractivity (Wildman–Crippen MR) is 144 cm³/mol. The van der Waals surface area contributed by atoms with E-state index in [2.05, 4.69) is 77.9 Å². The molecule has 0 atom stereocenters. The van der Waals surface area contributed by atoms with Crippen LogP contribution in [0.2, 0.25) is 0 Å². The Bertz CT molecular complexity index is 861. The van der Waals surface area contributed by atoms with E-state index in [0.29, 0.717) is 0 Å². The molecule has 32 heavy (non-hydrogen) atoms. The van der Waals surface area contributed by atoms with Gasteiger partial charge in [-0.15, -0.1) is 0 Å². The predicted octanol–water partition coefficient (Wildman–Crippen LogP) is 9.16. The number of rotatable bonds is 13. The minimum absolute atomic E-state index is 0.901. The molecular weight excluding hydrogens is 388 g/mol. The van der Waals surface area contributed by atoms with Gasteiger partial charge in [0.05, 0.1) is 22.8 Å². The normalized spacial score (nSPS) is 12.4. The van der Waals surface area contributed by atoms with Crippen molar-refractivity contribution >= 4 is 22.8 Å². The number of benzene rings is 2. The molecule has 0 aliphatic carbocycles. The summed E-state index contributed by atoms with van der Waals surface area (Å²) in [6.07, 6.45) is 11.0. The first kappa shape index (κ1) is 26.0. The van der Waals surface area contributed by atoms with Gasteiger partial charge in [0.25, 0.3) is 0 Å². The Labute approximate surface area is 197 Å². The molecule has 2 rings (SSSR count). The fraction of sp³-hybridized carbons (Fsp3) is 0.533. The van der Waals surface area contributed by atoms with E-state index in [-0.39, 0.29) is 0 Å². The van der Waals surface area contributed by atoms with Gasteiger partial charge in [-0.25, -0.2) is 0 Å². The van der Waals surface area contributed by atoms with Crippen molar-refractivity contribution in [1.29, 1.82) is 0 Å². The smallest absolute Gasteiger partial charge is 0.0639 e. The van der Waals surface area contributed by atoms with Gasteiger partial charge in [-0.2, -0.15) is 0 Å². The lowest BCUT2D eigenvalue weighted by molar-refractivity contribution is 0.684. The molecular formula is C30H44N2. The lowest BCUT2D eigenvalue weighted by Crippen LogP contribution is -2.13. The molecule has 0 amide bonds. The second kappa shape index (κ2) is 14.0. The quantitative estimate of drug-likeness (QED) is 0.223. The van der Waals surface area contributed by atoms with Crippen LogP contribution in [-0.4, -0.2) is 11.4 Å². The number of aryl methyl sites for hydroxylation is 4. The highest BCUT2D eigenvalue weighted by molar-refractivity contribution is 6.43. The maximum Gasteiger partial charge on any atom is 0.0639 e. The second-order valence-corrected chi connectivity index (χ2v) is 8.71. The SMILES string of the molecule is CCCCCCC(=Nc1cc(CC)cc(CC)c1)C(CC)=Nc1cc(CC)cc(CC)c1. The van der Waals surface area contributed by atoms with Crippen LogP contribution in [0.25, 0.3) is 0 Å². The molecule has 0 saturated heterocycles. The monoisotopic (exact) mass is 432 g/mol. The summed E-state index contributed by atoms with van der Waals surface area (Å²) in [7, 11) is 0. The van der Waals surface area contributed by atoms with Crippen LogP contribution in [-0.2, 0) is 25.7 Å². The van der Waals surface area contributed by atoms with Gasteiger partial charge in [0, 0.05) is 0 Å². The van der Waals surface area contributed by atoms with Crippen molar-refractivity contribution in [1.82, 2.24) is 0 Å². The zero-order valence-electron chi connectivity index (χ0n) is 21.4. The second-order valence-electron chi connectivity index (χ2n) is 8.71. The van der Waals surface area contributed by atoms with Crippen molar-refractivity contribution in [3.8, 4) is 0 Å². The minimum Gasteiger partial charge on any atom is -0.252 e. The Hall–Kier alpha value is -2.22. The molecule has 174 valence electrons. The van der Waals surface area contributed by atoms with Gasteiger partial charge in [0.1, 0.15) is 0 Å². The molecule has 2 aromatic carbocycles. The van der Waals surface area contributed by atoms with E-state index in [4.69, 9.17) is 9.98 Å². The summed E-state index contributed by atoms with van der Waals surface area (Å²) < 4.78 is 0. The summed E-state index contributed by atoms with van der Waals surface area (Å²) in [6, 6.07) is 13.6. The average Bonchev–Trinajstić information content (AvgIpc) is 2.83. The zero-order valence-corrected chi connectivity index (χ0v) is 21.4. The number of aliphatic imine (C=N–C) groups is 2. The lowest BCUT2D eigenvalue weighted by Gasteiger charge is -2.12. The van der Waals surface area contributed by atoms with Crippen molar-refractivity contribution < 1.29 is 0 Å². The van der Waals surface area contributed by atoms with Gasteiger partial charge in [-0.1, -0.05) is 72.9 Å². The Balaban J connectivity index is 2.50. The molecule has 2 heteroatoms. The van der Waals surface area contributed by atoms with Gasteiger partial charge < -0.3 is 0 Å². The largest absolute Gasteiger partial charge is 0.252 e. The molecule has 0 radical (unpaired) electrons. The summed E-state index contributed by atoms with van der Waals surface area (Å²) in [5.41, 5.74) is 9.93. The lowest BCUT2D eigenvalue weighted by atomic mass is 10.0. The highest BCUT2D eigenvalue weighted by Crippen LogP contribution is 2.23. The first-order valence-corrected chi connectivity index (χ1v) is 13.0. The van der Waals surface area contributed by atoms with E-state index in [0.717, 1.165) is 55.6 Å². The summed E-state index contributed by atoms with van der Waals surface area (Å²) in [4.78, 5) is 10.4. The third-order valence-corrected chi connectivity index (χ3v) is 6.17. The van der Waals surface area contributed by atoms with Crippen LogP contribution in [0.1, 0.15) is 102 Å². The maximum atomic E-state index is 5.21. The molecule has 2 nitrogen and oxygen atoms in total. The zero-order chi connectivity index (χ0) is 23.3. The molecule has 0 bridgehead atoms. The molecule has 0 fully saturated rings. The van der Waals surface area contributed by atoms with Crippen LogP contribution in [0.4, 0.5) is 11.4 Å². The van der Waals surface area contributed by atoms with Gasteiger partial charge in [-0.3, -0.25) is 9.98 Å². The van der Waals surface area contributed by atoms with Crippen LogP contribution in [0.3, 0.4) is 0 Å². The van der Waals surface area contributed by atoms with Crippen LogP contribution in [0.5, 0.6) is 0 Å². The molecule has 0 N–H and O–H groups in total. The molecule has 2 aromatic rings. The Morgan fingerprint density at radius 3 is 1.34 bits per heavy atom. The summed E-state index contributed by atoms with van der Waals surface area (Å²) in [5, 5.41) is 0. The van der Waals surface area contributed by atoms with Crippen molar-refractivity contribution in [2.75, 3.05) is 0 Å². The number of unbranched alkanes of at least 4 members (excludes halogenated alkanes) is 3. The number of hydrogen-bond donors (Lipinski definition) is 0. The molecule has 0 heterocycles. The fourth-order valence-electron chi connectivity index (χ4n) is 4.07. The molecule has 0 aliphatic rings. The van der Waals surface area contributed by atoms with Gasteiger partial charge >= 0.3 is 0 Å². The number of nitrogens with zero attached hydrogens (tertiary/aromatic N) is 2. The van der Waals surface area contributed by atoms with E-state index < -0.39 is 0 Å². The highest BCUT2D eigenvalue weighted by Gasteiger charge is 2.10. The number of hydrogen-bond acceptors (Lipinski definition) is 2. The van der Waals surface area contributed by atoms with Gasteiger partial charge in [0.2, 0.25) is 0 Å². The van der Waals surface area contributed by atoms with E-state index >= 15 is 0 Å². The van der Waals surface area contributed by atoms with E-state index in [1.165, 1.54) is 53.6 Å². The molecule has 0 spiro atoms. The highest BCUT2D eigenvalue weighted by atomic mass is 14.8. The summed E-state index contributed by atoms with van der Waals surface area (Å²) in [6.45, 7) is 13.4.